The van der Waals surface area contributed by atoms with E-state index < -0.39 is 17.9 Å². The molecule has 0 aromatic rings. The van der Waals surface area contributed by atoms with Crippen LogP contribution in [0.5, 0.6) is 0 Å². The summed E-state index contributed by atoms with van der Waals surface area (Å²) in [5, 5.41) is 41.1. The number of hydrogen-bond acceptors (Lipinski definition) is 10. The number of rotatable bonds is 29. The Balaban J connectivity index is 4.07. The van der Waals surface area contributed by atoms with Gasteiger partial charge in [0, 0.05) is 71.7 Å². The summed E-state index contributed by atoms with van der Waals surface area (Å²) in [4.78, 5) is 71.7. The van der Waals surface area contributed by atoms with E-state index in [1.165, 1.54) is 0 Å². The number of carboxylic acid groups (broad SMARTS) is 3. The maximum atomic E-state index is 12.1. The van der Waals surface area contributed by atoms with Crippen LogP contribution in [-0.2, 0) is 28.8 Å². The van der Waals surface area contributed by atoms with Gasteiger partial charge >= 0.3 is 17.9 Å². The lowest BCUT2D eigenvalue weighted by atomic mass is 10.2. The number of carboxylic acids is 3. The van der Waals surface area contributed by atoms with E-state index in [1.807, 2.05) is 6.92 Å². The average Bonchev–Trinajstić information content (AvgIpc) is 2.93. The second kappa shape index (κ2) is 26.3. The van der Waals surface area contributed by atoms with Gasteiger partial charge in [0.15, 0.2) is 0 Å². The molecule has 0 aliphatic rings. The van der Waals surface area contributed by atoms with Crippen LogP contribution >= 0.6 is 0 Å². The van der Waals surface area contributed by atoms with Crippen molar-refractivity contribution in [2.45, 2.75) is 51.9 Å². The van der Waals surface area contributed by atoms with E-state index in [1.54, 1.807) is 9.80 Å². The highest BCUT2D eigenvalue weighted by Gasteiger charge is 2.15. The van der Waals surface area contributed by atoms with E-state index in [0.29, 0.717) is 64.8 Å². The second-order valence-corrected chi connectivity index (χ2v) is 10.1. The quantitative estimate of drug-likeness (QED) is 0.0430. The Hall–Kier alpha value is -3.34. The number of nitrogens with zero attached hydrogens (tertiary/aromatic N) is 2. The molecule has 8 N–H and O–H groups in total. The van der Waals surface area contributed by atoms with Gasteiger partial charge in [0.05, 0.1) is 26.2 Å². The van der Waals surface area contributed by atoms with Crippen molar-refractivity contribution >= 4 is 35.6 Å². The summed E-state index contributed by atoms with van der Waals surface area (Å²) in [7, 11) is 0. The molecule has 0 saturated heterocycles. The van der Waals surface area contributed by atoms with Crippen molar-refractivity contribution < 1.29 is 44.1 Å². The van der Waals surface area contributed by atoms with Crippen molar-refractivity contribution in [3.05, 3.63) is 0 Å². The molecule has 0 aliphatic heterocycles. The fourth-order valence-corrected chi connectivity index (χ4v) is 3.86. The van der Waals surface area contributed by atoms with Crippen molar-refractivity contribution in [1.29, 1.82) is 0 Å². The zero-order valence-electron chi connectivity index (χ0n) is 25.3. The van der Waals surface area contributed by atoms with Crippen molar-refractivity contribution in [2.75, 3.05) is 85.1 Å². The SMILES string of the molecule is CCCNC(=O)CCCCNC(=O)CCCCNC(=O)CNCCN(CCN(CCNCC(=O)O)CC(=O)O)CC(=O)O. The fourth-order valence-electron chi connectivity index (χ4n) is 3.86. The molecule has 248 valence electrons. The molecule has 0 saturated carbocycles. The Kier molecular flexibility index (Phi) is 24.3. The van der Waals surface area contributed by atoms with E-state index in [9.17, 15) is 33.9 Å². The average molecular weight is 618 g/mol. The molecule has 43 heavy (non-hydrogen) atoms. The third kappa shape index (κ3) is 27.3. The molecule has 0 aromatic heterocycles. The molecule has 16 heteroatoms. The monoisotopic (exact) mass is 617 g/mol. The van der Waals surface area contributed by atoms with Gasteiger partial charge < -0.3 is 41.9 Å². The summed E-state index contributed by atoms with van der Waals surface area (Å²) in [6.07, 6.45) is 4.42. The van der Waals surface area contributed by atoms with Gasteiger partial charge in [-0.2, -0.15) is 0 Å². The van der Waals surface area contributed by atoms with Gasteiger partial charge in [-0.25, -0.2) is 0 Å². The predicted molar refractivity (Wildman–Crippen MR) is 159 cm³/mol. The molecule has 0 aromatic carbocycles. The van der Waals surface area contributed by atoms with Crippen LogP contribution in [0.25, 0.3) is 0 Å². The molecule has 0 unspecified atom stereocenters. The molecule has 0 aliphatic carbocycles. The number of hydrogen-bond donors (Lipinski definition) is 8. The Bertz CT molecular complexity index is 846. The lowest BCUT2D eigenvalue weighted by Gasteiger charge is -2.26. The van der Waals surface area contributed by atoms with E-state index in [0.717, 1.165) is 12.8 Å². The van der Waals surface area contributed by atoms with Crippen molar-refractivity contribution in [3.8, 4) is 0 Å². The van der Waals surface area contributed by atoms with E-state index in [2.05, 4.69) is 26.6 Å². The van der Waals surface area contributed by atoms with Crippen molar-refractivity contribution in [2.24, 2.45) is 0 Å². The number of carbonyl (C=O) groups excluding carboxylic acids is 3. The molecule has 0 bridgehead atoms. The maximum absolute atomic E-state index is 12.1. The zero-order chi connectivity index (χ0) is 32.3. The van der Waals surface area contributed by atoms with Crippen LogP contribution in [0, 0.1) is 0 Å². The van der Waals surface area contributed by atoms with Gasteiger partial charge in [-0.05, 0) is 32.1 Å². The molecule has 0 heterocycles. The second-order valence-electron chi connectivity index (χ2n) is 10.1. The molecule has 16 nitrogen and oxygen atoms in total. The minimum absolute atomic E-state index is 0.0319. The fraction of sp³-hybridized carbons (Fsp3) is 0.778. The molecular weight excluding hydrogens is 566 g/mol. The highest BCUT2D eigenvalue weighted by Crippen LogP contribution is 1.97. The third-order valence-electron chi connectivity index (χ3n) is 6.10. The van der Waals surface area contributed by atoms with Gasteiger partial charge in [0.2, 0.25) is 17.7 Å². The summed E-state index contributed by atoms with van der Waals surface area (Å²) in [5.41, 5.74) is 0. The first-order valence-corrected chi connectivity index (χ1v) is 14.8. The Morgan fingerprint density at radius 2 is 0.953 bits per heavy atom. The van der Waals surface area contributed by atoms with Crippen LogP contribution in [0.3, 0.4) is 0 Å². The predicted octanol–water partition coefficient (Wildman–Crippen LogP) is -1.88. The highest BCUT2D eigenvalue weighted by atomic mass is 16.4. The zero-order valence-corrected chi connectivity index (χ0v) is 25.3. The number of aliphatic carboxylic acids is 3. The standard InChI is InChI=1S/C27H51N7O9/c1-2-9-30-22(35)7-3-5-10-31-23(36)8-4-6-11-32-24(37)18-28-12-14-33(20-26(40)41)16-17-34(21-27(42)43)15-13-29-19-25(38)39/h28-29H,2-21H2,1H3,(H,30,35)(H,31,36)(H,32,37)(H,38,39)(H,40,41)(H,42,43). The first-order valence-electron chi connectivity index (χ1n) is 14.8. The summed E-state index contributed by atoms with van der Waals surface area (Å²) in [6.45, 7) is 4.65. The Morgan fingerprint density at radius 3 is 1.40 bits per heavy atom. The molecule has 0 fully saturated rings. The molecule has 0 atom stereocenters. The Labute approximate surface area is 253 Å². The minimum Gasteiger partial charge on any atom is -0.480 e. The molecule has 3 amide bonds. The van der Waals surface area contributed by atoms with Crippen LogP contribution < -0.4 is 26.6 Å². The lowest BCUT2D eigenvalue weighted by molar-refractivity contribution is -0.140. The van der Waals surface area contributed by atoms with Gasteiger partial charge in [-0.1, -0.05) is 6.92 Å². The van der Waals surface area contributed by atoms with Gasteiger partial charge in [-0.15, -0.1) is 0 Å². The summed E-state index contributed by atoms with van der Waals surface area (Å²) >= 11 is 0. The Morgan fingerprint density at radius 1 is 0.512 bits per heavy atom. The number of unbranched alkanes of at least 4 members (excludes halogenated alkanes) is 2. The normalized spacial score (nSPS) is 11.0. The number of amides is 3. The van der Waals surface area contributed by atoms with E-state index >= 15 is 0 Å². The van der Waals surface area contributed by atoms with Crippen molar-refractivity contribution in [3.63, 3.8) is 0 Å². The first kappa shape index (κ1) is 39.7. The lowest BCUT2D eigenvalue weighted by Crippen LogP contribution is -2.44. The smallest absolute Gasteiger partial charge is 0.317 e. The molecule has 0 spiro atoms. The highest BCUT2D eigenvalue weighted by molar-refractivity contribution is 5.78. The van der Waals surface area contributed by atoms with E-state index in [4.69, 9.17) is 10.2 Å². The van der Waals surface area contributed by atoms with Crippen molar-refractivity contribution in [1.82, 2.24) is 36.4 Å². The van der Waals surface area contributed by atoms with Gasteiger partial charge in [0.1, 0.15) is 0 Å². The molecule has 0 radical (unpaired) electrons. The minimum atomic E-state index is -1.05. The van der Waals surface area contributed by atoms with Crippen LogP contribution in [0.15, 0.2) is 0 Å². The van der Waals surface area contributed by atoms with Gasteiger partial charge in [-0.3, -0.25) is 38.6 Å². The largest absolute Gasteiger partial charge is 0.480 e. The molecular formula is C27H51N7O9. The number of carbonyl (C=O) groups is 6. The topological polar surface area (TPSA) is 230 Å². The number of nitrogens with one attached hydrogen (secondary N) is 5. The summed E-state index contributed by atoms with van der Waals surface area (Å²) < 4.78 is 0. The van der Waals surface area contributed by atoms with Crippen LogP contribution in [0.1, 0.15) is 51.9 Å². The van der Waals surface area contributed by atoms with E-state index in [-0.39, 0.29) is 70.1 Å². The first-order chi connectivity index (χ1) is 20.5. The molecule has 0 rings (SSSR count). The van der Waals surface area contributed by atoms with Gasteiger partial charge in [0.25, 0.3) is 0 Å². The van der Waals surface area contributed by atoms with Crippen LogP contribution in [-0.4, -0.2) is 146 Å². The summed E-state index contributed by atoms with van der Waals surface area (Å²) in [5.74, 6) is -3.35. The third-order valence-corrected chi connectivity index (χ3v) is 6.10. The summed E-state index contributed by atoms with van der Waals surface area (Å²) in [6, 6.07) is 0. The maximum Gasteiger partial charge on any atom is 0.317 e. The van der Waals surface area contributed by atoms with Crippen LogP contribution in [0.2, 0.25) is 0 Å². The van der Waals surface area contributed by atoms with Crippen LogP contribution in [0.4, 0.5) is 0 Å².